The minimum absolute atomic E-state index is 0.487. The van der Waals surface area contributed by atoms with E-state index >= 15 is 0 Å². The van der Waals surface area contributed by atoms with Crippen molar-refractivity contribution in [1.29, 1.82) is 0 Å². The molecular weight excluding hydrogens is 240 g/mol. The van der Waals surface area contributed by atoms with E-state index in [9.17, 15) is 0 Å². The van der Waals surface area contributed by atoms with Gasteiger partial charge in [-0.05, 0) is 30.3 Å². The Morgan fingerprint density at radius 1 is 1.57 bits per heavy atom. The first-order chi connectivity index (χ1) is 6.70. The number of hydrogen-bond donors (Lipinski definition) is 1. The highest BCUT2D eigenvalue weighted by Crippen LogP contribution is 2.29. The molecule has 0 amide bonds. The molecule has 1 aliphatic rings. The van der Waals surface area contributed by atoms with Crippen LogP contribution in [0.4, 0.5) is 0 Å². The molecule has 1 aromatic carbocycles. The van der Waals surface area contributed by atoms with E-state index in [2.05, 4.69) is 46.1 Å². The second kappa shape index (κ2) is 4.01. The van der Waals surface area contributed by atoms with Crippen LogP contribution in [-0.2, 0) is 6.54 Å². The van der Waals surface area contributed by atoms with Gasteiger partial charge in [-0.25, -0.2) is 0 Å². The summed E-state index contributed by atoms with van der Waals surface area (Å²) in [6.07, 6.45) is 0. The second-order valence-electron chi connectivity index (χ2n) is 3.97. The van der Waals surface area contributed by atoms with Crippen molar-refractivity contribution < 1.29 is 0 Å². The molecule has 0 radical (unpaired) electrons. The molecule has 2 nitrogen and oxygen atoms in total. The van der Waals surface area contributed by atoms with E-state index in [0.717, 1.165) is 24.1 Å². The van der Waals surface area contributed by atoms with E-state index in [1.54, 1.807) is 0 Å². The molecule has 0 aromatic heterocycles. The highest BCUT2D eigenvalue weighted by atomic mass is 79.9. The van der Waals surface area contributed by atoms with Crippen molar-refractivity contribution in [1.82, 2.24) is 4.90 Å². The lowest BCUT2D eigenvalue weighted by atomic mass is 9.90. The van der Waals surface area contributed by atoms with Gasteiger partial charge in [0, 0.05) is 30.0 Å². The van der Waals surface area contributed by atoms with E-state index in [0.29, 0.717) is 5.92 Å². The molecule has 1 heterocycles. The standard InChI is InChI=1S/C11H15BrN2/c1-14-6-8-2-3-10(12)4-11(8)9(5-13)7-14/h2-4,9H,5-7,13H2,1H3. The molecule has 0 fully saturated rings. The van der Waals surface area contributed by atoms with Gasteiger partial charge in [0.15, 0.2) is 0 Å². The summed E-state index contributed by atoms with van der Waals surface area (Å²) >= 11 is 3.51. The van der Waals surface area contributed by atoms with Gasteiger partial charge in [0.25, 0.3) is 0 Å². The highest BCUT2D eigenvalue weighted by Gasteiger charge is 2.21. The molecule has 76 valence electrons. The Morgan fingerprint density at radius 3 is 3.07 bits per heavy atom. The molecule has 2 N–H and O–H groups in total. The fourth-order valence-corrected chi connectivity index (χ4v) is 2.50. The van der Waals surface area contributed by atoms with Gasteiger partial charge in [-0.15, -0.1) is 0 Å². The van der Waals surface area contributed by atoms with Crippen LogP contribution in [0.1, 0.15) is 17.0 Å². The van der Waals surface area contributed by atoms with Crippen LogP contribution in [0, 0.1) is 0 Å². The van der Waals surface area contributed by atoms with Gasteiger partial charge in [-0.1, -0.05) is 22.0 Å². The first-order valence-electron chi connectivity index (χ1n) is 4.87. The third-order valence-electron chi connectivity index (χ3n) is 2.80. The minimum Gasteiger partial charge on any atom is -0.330 e. The third kappa shape index (κ3) is 1.85. The molecule has 0 saturated carbocycles. The topological polar surface area (TPSA) is 29.3 Å². The number of fused-ring (bicyclic) bond motifs is 1. The van der Waals surface area contributed by atoms with Gasteiger partial charge < -0.3 is 10.6 Å². The van der Waals surface area contributed by atoms with Crippen LogP contribution < -0.4 is 5.73 Å². The maximum Gasteiger partial charge on any atom is 0.0233 e. The summed E-state index contributed by atoms with van der Waals surface area (Å²) in [5, 5.41) is 0. The monoisotopic (exact) mass is 254 g/mol. The van der Waals surface area contributed by atoms with Crippen LogP contribution in [-0.4, -0.2) is 25.0 Å². The van der Waals surface area contributed by atoms with Crippen LogP contribution >= 0.6 is 15.9 Å². The van der Waals surface area contributed by atoms with E-state index in [4.69, 9.17) is 5.73 Å². The summed E-state index contributed by atoms with van der Waals surface area (Å²) in [4.78, 5) is 2.33. The van der Waals surface area contributed by atoms with Crippen LogP contribution in [0.3, 0.4) is 0 Å². The number of likely N-dealkylation sites (N-methyl/N-ethyl adjacent to an activating group) is 1. The Kier molecular flexibility index (Phi) is 2.91. The molecule has 0 spiro atoms. The number of hydrogen-bond acceptors (Lipinski definition) is 2. The normalized spacial score (nSPS) is 22.1. The first-order valence-corrected chi connectivity index (χ1v) is 5.67. The Morgan fingerprint density at radius 2 is 2.36 bits per heavy atom. The number of benzene rings is 1. The molecule has 3 heteroatoms. The van der Waals surface area contributed by atoms with Gasteiger partial charge in [0.2, 0.25) is 0 Å². The zero-order valence-corrected chi connectivity index (χ0v) is 9.92. The molecule has 1 unspecified atom stereocenters. The summed E-state index contributed by atoms with van der Waals surface area (Å²) in [6.45, 7) is 2.84. The molecule has 0 bridgehead atoms. The average Bonchev–Trinajstić information content (AvgIpc) is 2.17. The lowest BCUT2D eigenvalue weighted by Gasteiger charge is -2.31. The van der Waals surface area contributed by atoms with E-state index in [1.807, 2.05) is 0 Å². The predicted octanol–water partition coefficient (Wildman–Crippen LogP) is 1.94. The molecule has 2 rings (SSSR count). The summed E-state index contributed by atoms with van der Waals surface area (Å²) in [7, 11) is 2.15. The maximum absolute atomic E-state index is 5.79. The molecule has 14 heavy (non-hydrogen) atoms. The van der Waals surface area contributed by atoms with Gasteiger partial charge in [-0.2, -0.15) is 0 Å². The van der Waals surface area contributed by atoms with Gasteiger partial charge >= 0.3 is 0 Å². The smallest absolute Gasteiger partial charge is 0.0233 e. The summed E-state index contributed by atoms with van der Waals surface area (Å²) in [5.74, 6) is 0.487. The van der Waals surface area contributed by atoms with Gasteiger partial charge in [-0.3, -0.25) is 0 Å². The zero-order valence-electron chi connectivity index (χ0n) is 8.33. The van der Waals surface area contributed by atoms with Crippen molar-refractivity contribution in [2.45, 2.75) is 12.5 Å². The number of rotatable bonds is 1. The SMILES string of the molecule is CN1Cc2ccc(Br)cc2C(CN)C1. The molecule has 0 saturated heterocycles. The maximum atomic E-state index is 5.79. The first kappa shape index (κ1) is 10.1. The lowest BCUT2D eigenvalue weighted by Crippen LogP contribution is -2.33. The van der Waals surface area contributed by atoms with E-state index < -0.39 is 0 Å². The summed E-state index contributed by atoms with van der Waals surface area (Å²) in [5.41, 5.74) is 8.62. The van der Waals surface area contributed by atoms with Crippen molar-refractivity contribution in [2.75, 3.05) is 20.1 Å². The van der Waals surface area contributed by atoms with Crippen molar-refractivity contribution in [3.05, 3.63) is 33.8 Å². The molecule has 1 aliphatic heterocycles. The molecular formula is C11H15BrN2. The Labute approximate surface area is 93.2 Å². The molecule has 1 aromatic rings. The number of halogens is 1. The average molecular weight is 255 g/mol. The van der Waals surface area contributed by atoms with Crippen LogP contribution in [0.25, 0.3) is 0 Å². The highest BCUT2D eigenvalue weighted by molar-refractivity contribution is 9.10. The van der Waals surface area contributed by atoms with E-state index in [1.165, 1.54) is 11.1 Å². The lowest BCUT2D eigenvalue weighted by molar-refractivity contribution is 0.283. The van der Waals surface area contributed by atoms with Crippen molar-refractivity contribution >= 4 is 15.9 Å². The fraction of sp³-hybridized carbons (Fsp3) is 0.455. The fourth-order valence-electron chi connectivity index (χ4n) is 2.12. The number of nitrogens with zero attached hydrogens (tertiary/aromatic N) is 1. The Bertz CT molecular complexity index is 338. The summed E-state index contributed by atoms with van der Waals surface area (Å²) < 4.78 is 1.15. The van der Waals surface area contributed by atoms with Crippen LogP contribution in [0.15, 0.2) is 22.7 Å². The second-order valence-corrected chi connectivity index (χ2v) is 4.89. The van der Waals surface area contributed by atoms with Crippen molar-refractivity contribution in [2.24, 2.45) is 5.73 Å². The zero-order chi connectivity index (χ0) is 10.1. The van der Waals surface area contributed by atoms with Gasteiger partial charge in [0.05, 0.1) is 0 Å². The Balaban J connectivity index is 2.41. The predicted molar refractivity (Wildman–Crippen MR) is 62.3 cm³/mol. The molecule has 0 aliphatic carbocycles. The van der Waals surface area contributed by atoms with Crippen LogP contribution in [0.5, 0.6) is 0 Å². The number of nitrogens with two attached hydrogens (primary N) is 1. The van der Waals surface area contributed by atoms with Crippen molar-refractivity contribution in [3.63, 3.8) is 0 Å². The van der Waals surface area contributed by atoms with E-state index in [-0.39, 0.29) is 0 Å². The quantitative estimate of drug-likeness (QED) is 0.830. The van der Waals surface area contributed by atoms with Gasteiger partial charge in [0.1, 0.15) is 0 Å². The Hall–Kier alpha value is -0.380. The minimum atomic E-state index is 0.487. The largest absolute Gasteiger partial charge is 0.330 e. The van der Waals surface area contributed by atoms with Crippen LogP contribution in [0.2, 0.25) is 0 Å². The van der Waals surface area contributed by atoms with Crippen molar-refractivity contribution in [3.8, 4) is 0 Å². The summed E-state index contributed by atoms with van der Waals surface area (Å²) in [6, 6.07) is 6.50. The third-order valence-corrected chi connectivity index (χ3v) is 3.30. The molecule has 1 atom stereocenters.